The van der Waals surface area contributed by atoms with Crippen LogP contribution in [0.25, 0.3) is 0 Å². The van der Waals surface area contributed by atoms with Gasteiger partial charge in [0.1, 0.15) is 5.75 Å². The number of nitrogens with one attached hydrogen (secondary N) is 3. The second-order valence-corrected chi connectivity index (χ2v) is 6.64. The number of benzene rings is 1. The molecule has 3 unspecified atom stereocenters. The van der Waals surface area contributed by atoms with Crippen molar-refractivity contribution in [2.45, 2.75) is 44.2 Å². The molecule has 1 aromatic carbocycles. The van der Waals surface area contributed by atoms with E-state index in [-0.39, 0.29) is 36.9 Å². The Morgan fingerprint density at radius 2 is 2.08 bits per heavy atom. The fourth-order valence-electron chi connectivity index (χ4n) is 3.90. The van der Waals surface area contributed by atoms with Gasteiger partial charge in [0.05, 0.1) is 11.7 Å². The average molecular weight is 352 g/mol. The molecule has 2 aliphatic heterocycles. The fraction of sp³-hybridized carbons (Fsp3) is 0.529. The van der Waals surface area contributed by atoms with Crippen LogP contribution in [-0.4, -0.2) is 30.5 Å². The maximum absolute atomic E-state index is 12.5. The molecule has 1 saturated heterocycles. The van der Waals surface area contributed by atoms with Crippen LogP contribution in [0.5, 0.6) is 5.75 Å². The van der Waals surface area contributed by atoms with Gasteiger partial charge in [0.15, 0.2) is 6.61 Å². The zero-order valence-electron chi connectivity index (χ0n) is 13.3. The van der Waals surface area contributed by atoms with E-state index in [2.05, 4.69) is 16.0 Å². The van der Waals surface area contributed by atoms with Crippen LogP contribution in [0.1, 0.15) is 32.1 Å². The molecule has 4 rings (SSSR count). The zero-order valence-corrected chi connectivity index (χ0v) is 14.2. The standard InChI is InChI=1S/C17H21N3O3.ClH/c21-16-9-23-15-8-11(5-6-13(15)20-16)18-17(22)14-7-10-3-1-2-4-12(10)19-14;/h5-6,8,10,12,14,19H,1-4,7,9H2,(H,18,22)(H,20,21);1H. The molecule has 1 aliphatic carbocycles. The first kappa shape index (κ1) is 17.0. The molecular weight excluding hydrogens is 330 g/mol. The molecule has 3 atom stereocenters. The highest BCUT2D eigenvalue weighted by Gasteiger charge is 2.38. The summed E-state index contributed by atoms with van der Waals surface area (Å²) in [6, 6.07) is 5.69. The molecular formula is C17H22ClN3O3. The van der Waals surface area contributed by atoms with E-state index in [9.17, 15) is 9.59 Å². The molecule has 2 heterocycles. The first-order valence-electron chi connectivity index (χ1n) is 8.32. The second kappa shape index (κ2) is 6.99. The molecule has 0 spiro atoms. The Morgan fingerprint density at radius 1 is 1.25 bits per heavy atom. The van der Waals surface area contributed by atoms with Gasteiger partial charge in [-0.3, -0.25) is 9.59 Å². The number of carbonyl (C=O) groups is 2. The summed E-state index contributed by atoms with van der Waals surface area (Å²) in [6.07, 6.45) is 5.88. The summed E-state index contributed by atoms with van der Waals surface area (Å²) < 4.78 is 5.38. The molecule has 0 radical (unpaired) electrons. The molecule has 0 bridgehead atoms. The minimum atomic E-state index is -0.160. The van der Waals surface area contributed by atoms with Crippen LogP contribution >= 0.6 is 12.4 Å². The molecule has 130 valence electrons. The Labute approximate surface area is 147 Å². The Hall–Kier alpha value is -1.79. The van der Waals surface area contributed by atoms with E-state index in [0.29, 0.717) is 29.1 Å². The Kier molecular flexibility index (Phi) is 4.96. The summed E-state index contributed by atoms with van der Waals surface area (Å²) in [5.74, 6) is 1.09. The van der Waals surface area contributed by atoms with Crippen LogP contribution in [0, 0.1) is 5.92 Å². The lowest BCUT2D eigenvalue weighted by atomic mass is 9.85. The number of rotatable bonds is 2. The summed E-state index contributed by atoms with van der Waals surface area (Å²) in [5, 5.41) is 9.18. The van der Waals surface area contributed by atoms with Crippen LogP contribution < -0.4 is 20.7 Å². The van der Waals surface area contributed by atoms with Gasteiger partial charge >= 0.3 is 0 Å². The third-order valence-electron chi connectivity index (χ3n) is 5.06. The molecule has 3 aliphatic rings. The van der Waals surface area contributed by atoms with Crippen molar-refractivity contribution in [1.82, 2.24) is 5.32 Å². The van der Waals surface area contributed by atoms with Crippen LogP contribution in [-0.2, 0) is 9.59 Å². The number of hydrogen-bond donors (Lipinski definition) is 3. The van der Waals surface area contributed by atoms with E-state index < -0.39 is 0 Å². The highest BCUT2D eigenvalue weighted by Crippen LogP contribution is 2.34. The van der Waals surface area contributed by atoms with Gasteiger partial charge in [0.2, 0.25) is 5.91 Å². The fourth-order valence-corrected chi connectivity index (χ4v) is 3.90. The van der Waals surface area contributed by atoms with Crippen molar-refractivity contribution in [2.75, 3.05) is 17.2 Å². The lowest BCUT2D eigenvalue weighted by Gasteiger charge is -2.24. The van der Waals surface area contributed by atoms with Gasteiger partial charge < -0.3 is 20.7 Å². The number of hydrogen-bond acceptors (Lipinski definition) is 4. The largest absolute Gasteiger partial charge is 0.482 e. The summed E-state index contributed by atoms with van der Waals surface area (Å²) in [4.78, 5) is 23.8. The van der Waals surface area contributed by atoms with E-state index in [4.69, 9.17) is 4.74 Å². The number of anilines is 2. The maximum Gasteiger partial charge on any atom is 0.262 e. The average Bonchev–Trinajstić information content (AvgIpc) is 2.99. The minimum Gasteiger partial charge on any atom is -0.482 e. The predicted octanol–water partition coefficient (Wildman–Crippen LogP) is 2.30. The topological polar surface area (TPSA) is 79.5 Å². The van der Waals surface area contributed by atoms with E-state index in [1.54, 1.807) is 18.2 Å². The summed E-state index contributed by atoms with van der Waals surface area (Å²) in [6.45, 7) is 0.0118. The molecule has 0 aromatic heterocycles. The van der Waals surface area contributed by atoms with Gasteiger partial charge in [-0.25, -0.2) is 0 Å². The van der Waals surface area contributed by atoms with Crippen molar-refractivity contribution in [1.29, 1.82) is 0 Å². The molecule has 6 nitrogen and oxygen atoms in total. The van der Waals surface area contributed by atoms with Crippen molar-refractivity contribution in [3.63, 3.8) is 0 Å². The molecule has 1 saturated carbocycles. The van der Waals surface area contributed by atoms with E-state index in [0.717, 1.165) is 6.42 Å². The van der Waals surface area contributed by atoms with Crippen LogP contribution in [0.3, 0.4) is 0 Å². The van der Waals surface area contributed by atoms with Crippen LogP contribution in [0.4, 0.5) is 11.4 Å². The first-order chi connectivity index (χ1) is 11.2. The molecule has 7 heteroatoms. The maximum atomic E-state index is 12.5. The first-order valence-corrected chi connectivity index (χ1v) is 8.32. The summed E-state index contributed by atoms with van der Waals surface area (Å²) in [7, 11) is 0. The minimum absolute atomic E-state index is 0. The lowest BCUT2D eigenvalue weighted by Crippen LogP contribution is -2.39. The second-order valence-electron chi connectivity index (χ2n) is 6.64. The number of ether oxygens (including phenoxy) is 1. The van der Waals surface area contributed by atoms with Gasteiger partial charge in [-0.1, -0.05) is 12.8 Å². The molecule has 3 N–H and O–H groups in total. The van der Waals surface area contributed by atoms with Gasteiger partial charge in [-0.15, -0.1) is 12.4 Å². The van der Waals surface area contributed by atoms with E-state index in [1.807, 2.05) is 0 Å². The smallest absolute Gasteiger partial charge is 0.262 e. The monoisotopic (exact) mass is 351 g/mol. The van der Waals surface area contributed by atoms with Crippen molar-refractivity contribution in [3.05, 3.63) is 18.2 Å². The van der Waals surface area contributed by atoms with Gasteiger partial charge in [0, 0.05) is 17.8 Å². The normalized spacial score (nSPS) is 27.8. The van der Waals surface area contributed by atoms with Gasteiger partial charge in [-0.2, -0.15) is 0 Å². The quantitative estimate of drug-likeness (QED) is 0.764. The molecule has 24 heavy (non-hydrogen) atoms. The predicted molar refractivity (Wildman–Crippen MR) is 93.7 cm³/mol. The Balaban J connectivity index is 0.00000169. The summed E-state index contributed by atoms with van der Waals surface area (Å²) in [5.41, 5.74) is 1.34. The lowest BCUT2D eigenvalue weighted by molar-refractivity contribution is -0.119. The molecule has 2 fully saturated rings. The van der Waals surface area contributed by atoms with Crippen LogP contribution in [0.2, 0.25) is 0 Å². The number of halogens is 1. The number of amides is 2. The Morgan fingerprint density at radius 3 is 2.92 bits per heavy atom. The number of fused-ring (bicyclic) bond motifs is 2. The third kappa shape index (κ3) is 3.35. The summed E-state index contributed by atoms with van der Waals surface area (Å²) >= 11 is 0. The van der Waals surface area contributed by atoms with Crippen molar-refractivity contribution < 1.29 is 14.3 Å². The molecule has 1 aromatic rings. The SMILES string of the molecule is Cl.O=C1COc2cc(NC(=O)C3CC4CCCCC4N3)ccc2N1. The Bertz CT molecular complexity index is 638. The highest BCUT2D eigenvalue weighted by molar-refractivity contribution is 5.98. The van der Waals surface area contributed by atoms with Crippen molar-refractivity contribution in [2.24, 2.45) is 5.92 Å². The van der Waals surface area contributed by atoms with E-state index in [1.165, 1.54) is 25.7 Å². The highest BCUT2D eigenvalue weighted by atomic mass is 35.5. The van der Waals surface area contributed by atoms with E-state index >= 15 is 0 Å². The number of carbonyl (C=O) groups excluding carboxylic acids is 2. The molecule has 2 amide bonds. The van der Waals surface area contributed by atoms with Crippen molar-refractivity contribution >= 4 is 35.6 Å². The van der Waals surface area contributed by atoms with Gasteiger partial charge in [-0.05, 0) is 37.3 Å². The van der Waals surface area contributed by atoms with Crippen LogP contribution in [0.15, 0.2) is 18.2 Å². The van der Waals surface area contributed by atoms with Crippen molar-refractivity contribution in [3.8, 4) is 5.75 Å². The third-order valence-corrected chi connectivity index (χ3v) is 5.06. The van der Waals surface area contributed by atoms with Gasteiger partial charge in [0.25, 0.3) is 5.91 Å². The zero-order chi connectivity index (χ0) is 15.8.